The van der Waals surface area contributed by atoms with Crippen LogP contribution in [-0.4, -0.2) is 61.2 Å². The smallest absolute Gasteiger partial charge is 0.257 e. The van der Waals surface area contributed by atoms with Gasteiger partial charge in [-0.3, -0.25) is 0 Å². The van der Waals surface area contributed by atoms with Crippen molar-refractivity contribution in [3.8, 4) is 5.95 Å². The molecule has 0 spiro atoms. The predicted octanol–water partition coefficient (Wildman–Crippen LogP) is -1.14. The third-order valence-electron chi connectivity index (χ3n) is 2.33. The summed E-state index contributed by atoms with van der Waals surface area (Å²) in [6, 6.07) is 1.22. The highest BCUT2D eigenvalue weighted by atomic mass is 16.3. The van der Waals surface area contributed by atoms with Crippen LogP contribution in [0.4, 0.5) is 11.9 Å². The van der Waals surface area contributed by atoms with Crippen LogP contribution in [-0.2, 0) is 0 Å². The lowest BCUT2D eigenvalue weighted by Crippen LogP contribution is -2.29. The standard InChI is InChI=1S/C10H15N7O2/c1-11-8-14-9(13-7(5-18)6-19)16-10(15-8)17-4-2-3-12-17/h2-4,7,18-19H,5-6H2,1H3,(H2,11,13,14,15,16). The molecule has 0 aliphatic rings. The average molecular weight is 265 g/mol. The lowest BCUT2D eigenvalue weighted by molar-refractivity contribution is 0.203. The molecular formula is C10H15N7O2. The monoisotopic (exact) mass is 265 g/mol. The summed E-state index contributed by atoms with van der Waals surface area (Å²) in [6.07, 6.45) is 3.31. The van der Waals surface area contributed by atoms with Gasteiger partial charge in [-0.15, -0.1) is 0 Å². The van der Waals surface area contributed by atoms with E-state index in [1.165, 1.54) is 4.68 Å². The molecule has 9 nitrogen and oxygen atoms in total. The van der Waals surface area contributed by atoms with Gasteiger partial charge < -0.3 is 20.8 Å². The normalized spacial score (nSPS) is 10.7. The van der Waals surface area contributed by atoms with Crippen molar-refractivity contribution in [2.75, 3.05) is 30.9 Å². The molecular weight excluding hydrogens is 250 g/mol. The van der Waals surface area contributed by atoms with E-state index in [0.717, 1.165) is 0 Å². The number of anilines is 2. The topological polar surface area (TPSA) is 121 Å². The number of nitrogens with one attached hydrogen (secondary N) is 2. The molecule has 9 heteroatoms. The van der Waals surface area contributed by atoms with Crippen molar-refractivity contribution in [3.05, 3.63) is 18.5 Å². The van der Waals surface area contributed by atoms with Gasteiger partial charge in [-0.1, -0.05) is 0 Å². The molecule has 19 heavy (non-hydrogen) atoms. The lowest BCUT2D eigenvalue weighted by atomic mass is 10.3. The van der Waals surface area contributed by atoms with Crippen molar-refractivity contribution in [3.63, 3.8) is 0 Å². The molecule has 0 aromatic carbocycles. The molecule has 0 unspecified atom stereocenters. The van der Waals surface area contributed by atoms with Crippen LogP contribution in [0.15, 0.2) is 18.5 Å². The second kappa shape index (κ2) is 6.07. The van der Waals surface area contributed by atoms with Gasteiger partial charge in [0.25, 0.3) is 5.95 Å². The third-order valence-corrected chi connectivity index (χ3v) is 2.33. The van der Waals surface area contributed by atoms with Gasteiger partial charge in [0.05, 0.1) is 19.3 Å². The van der Waals surface area contributed by atoms with Gasteiger partial charge in [0.1, 0.15) is 0 Å². The molecule has 0 saturated carbocycles. The van der Waals surface area contributed by atoms with Gasteiger partial charge in [0.15, 0.2) is 0 Å². The molecule has 0 aliphatic carbocycles. The molecule has 0 amide bonds. The minimum absolute atomic E-state index is 0.228. The maximum absolute atomic E-state index is 9.04. The minimum Gasteiger partial charge on any atom is -0.394 e. The van der Waals surface area contributed by atoms with Gasteiger partial charge in [-0.2, -0.15) is 20.1 Å². The van der Waals surface area contributed by atoms with Crippen molar-refractivity contribution in [1.29, 1.82) is 0 Å². The highest BCUT2D eigenvalue weighted by molar-refractivity contribution is 5.38. The molecule has 102 valence electrons. The maximum atomic E-state index is 9.04. The van der Waals surface area contributed by atoms with E-state index in [-0.39, 0.29) is 19.2 Å². The molecule has 0 fully saturated rings. The van der Waals surface area contributed by atoms with E-state index in [1.54, 1.807) is 25.5 Å². The van der Waals surface area contributed by atoms with Crippen molar-refractivity contribution in [2.45, 2.75) is 6.04 Å². The fraction of sp³-hybridized carbons (Fsp3) is 0.400. The number of rotatable bonds is 6. The van der Waals surface area contributed by atoms with Gasteiger partial charge in [-0.05, 0) is 6.07 Å². The van der Waals surface area contributed by atoms with Crippen LogP contribution in [0.25, 0.3) is 5.95 Å². The van der Waals surface area contributed by atoms with Crippen LogP contribution in [0.5, 0.6) is 0 Å². The summed E-state index contributed by atoms with van der Waals surface area (Å²) in [5, 5.41) is 27.7. The fourth-order valence-corrected chi connectivity index (χ4v) is 1.36. The SMILES string of the molecule is CNc1nc(NC(CO)CO)nc(-n2cccn2)n1. The Balaban J connectivity index is 2.31. The summed E-state index contributed by atoms with van der Waals surface area (Å²) in [6.45, 7) is -0.456. The largest absolute Gasteiger partial charge is 0.394 e. The van der Waals surface area contributed by atoms with Crippen molar-refractivity contribution >= 4 is 11.9 Å². The summed E-state index contributed by atoms with van der Waals surface area (Å²) in [7, 11) is 1.68. The molecule has 0 saturated heterocycles. The summed E-state index contributed by atoms with van der Waals surface area (Å²) < 4.78 is 1.49. The van der Waals surface area contributed by atoms with E-state index in [1.807, 2.05) is 0 Å². The Hall–Kier alpha value is -2.26. The van der Waals surface area contributed by atoms with E-state index in [9.17, 15) is 0 Å². The number of hydrogen-bond donors (Lipinski definition) is 4. The molecule has 2 aromatic rings. The van der Waals surface area contributed by atoms with Crippen molar-refractivity contribution < 1.29 is 10.2 Å². The van der Waals surface area contributed by atoms with Gasteiger partial charge >= 0.3 is 0 Å². The van der Waals surface area contributed by atoms with E-state index >= 15 is 0 Å². The Morgan fingerprint density at radius 2 is 1.95 bits per heavy atom. The first-order valence-corrected chi connectivity index (χ1v) is 5.69. The Labute approximate surface area is 109 Å². The van der Waals surface area contributed by atoms with Crippen LogP contribution in [0.3, 0.4) is 0 Å². The Morgan fingerprint density at radius 1 is 1.21 bits per heavy atom. The zero-order valence-electron chi connectivity index (χ0n) is 10.4. The molecule has 0 aliphatic heterocycles. The number of aliphatic hydroxyl groups is 2. The molecule has 0 radical (unpaired) electrons. The average Bonchev–Trinajstić information content (AvgIpc) is 2.98. The van der Waals surface area contributed by atoms with E-state index < -0.39 is 6.04 Å². The summed E-state index contributed by atoms with van der Waals surface area (Å²) in [5.41, 5.74) is 0. The molecule has 0 bridgehead atoms. The van der Waals surface area contributed by atoms with E-state index in [0.29, 0.717) is 11.9 Å². The number of aromatic nitrogens is 5. The summed E-state index contributed by atoms with van der Waals surface area (Å²) in [5.74, 6) is 0.942. The minimum atomic E-state index is -0.530. The first-order valence-electron chi connectivity index (χ1n) is 5.69. The molecule has 4 N–H and O–H groups in total. The Bertz CT molecular complexity index is 513. The van der Waals surface area contributed by atoms with Gasteiger partial charge in [0, 0.05) is 19.4 Å². The number of nitrogens with zero attached hydrogens (tertiary/aromatic N) is 5. The maximum Gasteiger partial charge on any atom is 0.257 e. The van der Waals surface area contributed by atoms with Crippen LogP contribution >= 0.6 is 0 Å². The van der Waals surface area contributed by atoms with Gasteiger partial charge in [0.2, 0.25) is 11.9 Å². The van der Waals surface area contributed by atoms with Crippen molar-refractivity contribution in [1.82, 2.24) is 24.7 Å². The first kappa shape index (κ1) is 13.2. The second-order valence-electron chi connectivity index (χ2n) is 3.69. The first-order chi connectivity index (χ1) is 9.26. The highest BCUT2D eigenvalue weighted by Gasteiger charge is 2.11. The van der Waals surface area contributed by atoms with Crippen LogP contribution in [0.2, 0.25) is 0 Å². The molecule has 2 rings (SSSR count). The third kappa shape index (κ3) is 3.14. The zero-order chi connectivity index (χ0) is 13.7. The fourth-order valence-electron chi connectivity index (χ4n) is 1.36. The second-order valence-corrected chi connectivity index (χ2v) is 3.69. The number of aliphatic hydroxyl groups excluding tert-OH is 2. The highest BCUT2D eigenvalue weighted by Crippen LogP contribution is 2.09. The molecule has 2 heterocycles. The number of hydrogen-bond acceptors (Lipinski definition) is 8. The summed E-state index contributed by atoms with van der Waals surface area (Å²) in [4.78, 5) is 12.4. The molecule has 0 atom stereocenters. The van der Waals surface area contributed by atoms with Crippen LogP contribution in [0, 0.1) is 0 Å². The van der Waals surface area contributed by atoms with Crippen LogP contribution < -0.4 is 10.6 Å². The predicted molar refractivity (Wildman–Crippen MR) is 68.1 cm³/mol. The van der Waals surface area contributed by atoms with Crippen LogP contribution in [0.1, 0.15) is 0 Å². The van der Waals surface area contributed by atoms with E-state index in [4.69, 9.17) is 10.2 Å². The quantitative estimate of drug-likeness (QED) is 0.517. The van der Waals surface area contributed by atoms with Gasteiger partial charge in [-0.25, -0.2) is 4.68 Å². The van der Waals surface area contributed by atoms with Crippen molar-refractivity contribution in [2.24, 2.45) is 0 Å². The lowest BCUT2D eigenvalue weighted by Gasteiger charge is -2.14. The summed E-state index contributed by atoms with van der Waals surface area (Å²) >= 11 is 0. The Kier molecular flexibility index (Phi) is 4.21. The molecule has 2 aromatic heterocycles. The Morgan fingerprint density at radius 3 is 2.53 bits per heavy atom. The van der Waals surface area contributed by atoms with E-state index in [2.05, 4.69) is 30.7 Å². The zero-order valence-corrected chi connectivity index (χ0v) is 10.4.